The minimum absolute atomic E-state index is 0.0554. The number of pyridine rings is 1. The van der Waals surface area contributed by atoms with E-state index in [4.69, 9.17) is 4.74 Å². The highest BCUT2D eigenvalue weighted by Gasteiger charge is 2.42. The lowest BCUT2D eigenvalue weighted by Crippen LogP contribution is -2.50. The Morgan fingerprint density at radius 1 is 1.03 bits per heavy atom. The van der Waals surface area contributed by atoms with Crippen LogP contribution in [0.25, 0.3) is 0 Å². The normalized spacial score (nSPS) is 17.5. The molecule has 1 aromatic heterocycles. The first-order valence-electron chi connectivity index (χ1n) is 12.9. The van der Waals surface area contributed by atoms with Gasteiger partial charge >= 0.3 is 0 Å². The van der Waals surface area contributed by atoms with Crippen molar-refractivity contribution in [2.45, 2.75) is 50.7 Å². The van der Waals surface area contributed by atoms with Gasteiger partial charge in [-0.2, -0.15) is 0 Å². The van der Waals surface area contributed by atoms with Crippen LogP contribution in [-0.4, -0.2) is 53.0 Å². The maximum absolute atomic E-state index is 13.8. The van der Waals surface area contributed by atoms with Crippen LogP contribution in [0.2, 0.25) is 0 Å². The van der Waals surface area contributed by atoms with Crippen LogP contribution in [0.4, 0.5) is 4.39 Å². The molecule has 36 heavy (non-hydrogen) atoms. The molecule has 1 saturated heterocycles. The summed E-state index contributed by atoms with van der Waals surface area (Å²) >= 11 is 0. The average Bonchev–Trinajstić information content (AvgIpc) is 3.76. The molecule has 1 amide bonds. The Balaban J connectivity index is 1.32. The number of likely N-dealkylation sites (tertiary alicyclic amines) is 1. The average molecular weight is 488 g/mol. The number of halogens is 1. The predicted molar refractivity (Wildman–Crippen MR) is 138 cm³/mol. The number of amides is 1. The third-order valence-electron chi connectivity index (χ3n) is 7.50. The number of carbonyl (C=O) groups excluding carboxylic acids is 1. The Morgan fingerprint density at radius 3 is 2.44 bits per heavy atom. The Kier molecular flexibility index (Phi) is 7.61. The van der Waals surface area contributed by atoms with E-state index in [0.717, 1.165) is 57.3 Å². The third-order valence-corrected chi connectivity index (χ3v) is 7.50. The fourth-order valence-electron chi connectivity index (χ4n) is 5.47. The van der Waals surface area contributed by atoms with Crippen molar-refractivity contribution in [1.29, 1.82) is 0 Å². The number of methoxy groups -OCH3 is 1. The van der Waals surface area contributed by atoms with Crippen molar-refractivity contribution in [1.82, 2.24) is 14.8 Å². The second kappa shape index (κ2) is 11.2. The quantitative estimate of drug-likeness (QED) is 0.408. The molecule has 2 aromatic carbocycles. The highest BCUT2D eigenvalue weighted by atomic mass is 19.1. The Morgan fingerprint density at radius 2 is 1.78 bits per heavy atom. The number of hydrogen-bond acceptors (Lipinski definition) is 4. The molecular weight excluding hydrogens is 453 g/mol. The number of ether oxygens (including phenoxy) is 1. The van der Waals surface area contributed by atoms with Gasteiger partial charge in [0.1, 0.15) is 5.69 Å². The van der Waals surface area contributed by atoms with Crippen LogP contribution < -0.4 is 4.74 Å². The summed E-state index contributed by atoms with van der Waals surface area (Å²) in [7, 11) is 1.50. The fraction of sp³-hybridized carbons (Fsp3) is 0.400. The van der Waals surface area contributed by atoms with Crippen molar-refractivity contribution >= 4 is 5.91 Å². The number of carbonyl (C=O) groups is 1. The first-order valence-corrected chi connectivity index (χ1v) is 12.9. The molecule has 0 spiro atoms. The predicted octanol–water partition coefficient (Wildman–Crippen LogP) is 5.36. The standard InChI is InChI=1S/C30H34FN3O2/c1-36-29-20-23(10-13-26(29)31)21-33-17-14-24(15-18-33)28(19-22-7-3-2-4-8-22)34(25-11-12-25)30(35)27-9-5-6-16-32-27/h2-10,13,16,20,24-25,28H,11-12,14-15,17-19,21H2,1H3/t28-/m0/s1. The van der Waals surface area contributed by atoms with Gasteiger partial charge in [0.2, 0.25) is 0 Å². The van der Waals surface area contributed by atoms with Crippen molar-refractivity contribution in [2.75, 3.05) is 20.2 Å². The summed E-state index contributed by atoms with van der Waals surface area (Å²) in [5.74, 6) is 0.428. The molecule has 6 heteroatoms. The third kappa shape index (κ3) is 5.76. The molecule has 3 aromatic rings. The molecule has 1 aliphatic heterocycles. The molecule has 5 nitrogen and oxygen atoms in total. The molecule has 0 bridgehead atoms. The molecule has 2 fully saturated rings. The van der Waals surface area contributed by atoms with E-state index in [1.165, 1.54) is 18.7 Å². The highest BCUT2D eigenvalue weighted by molar-refractivity contribution is 5.93. The zero-order valence-electron chi connectivity index (χ0n) is 20.9. The number of aromatic nitrogens is 1. The van der Waals surface area contributed by atoms with Crippen molar-refractivity contribution < 1.29 is 13.9 Å². The molecule has 5 rings (SSSR count). The van der Waals surface area contributed by atoms with Crippen LogP contribution in [-0.2, 0) is 13.0 Å². The fourth-order valence-corrected chi connectivity index (χ4v) is 5.47. The first-order chi connectivity index (χ1) is 17.6. The number of piperidine rings is 1. The molecule has 1 saturated carbocycles. The lowest BCUT2D eigenvalue weighted by atomic mass is 9.84. The monoisotopic (exact) mass is 487 g/mol. The van der Waals surface area contributed by atoms with E-state index < -0.39 is 0 Å². The second-order valence-electron chi connectivity index (χ2n) is 10.00. The van der Waals surface area contributed by atoms with Crippen LogP contribution in [0.15, 0.2) is 72.9 Å². The SMILES string of the molecule is COc1cc(CN2CCC([C@H](Cc3ccccc3)N(C(=O)c3ccccn3)C3CC3)CC2)ccc1F. The van der Waals surface area contributed by atoms with Gasteiger partial charge in [-0.3, -0.25) is 14.7 Å². The van der Waals surface area contributed by atoms with Gasteiger partial charge in [0.05, 0.1) is 7.11 Å². The Bertz CT molecular complexity index is 1150. The minimum atomic E-state index is -0.332. The zero-order valence-corrected chi connectivity index (χ0v) is 20.9. The number of benzene rings is 2. The van der Waals surface area contributed by atoms with Crippen LogP contribution in [0.5, 0.6) is 5.75 Å². The van der Waals surface area contributed by atoms with Gasteiger partial charge in [0, 0.05) is 24.8 Å². The summed E-state index contributed by atoms with van der Waals surface area (Å²) in [5, 5.41) is 0. The van der Waals surface area contributed by atoms with Crippen LogP contribution in [0.1, 0.15) is 47.3 Å². The Labute approximate surface area is 212 Å². The summed E-state index contributed by atoms with van der Waals surface area (Å²) in [5.41, 5.74) is 2.85. The molecular formula is C30H34FN3O2. The topological polar surface area (TPSA) is 45.7 Å². The van der Waals surface area contributed by atoms with E-state index in [-0.39, 0.29) is 17.8 Å². The summed E-state index contributed by atoms with van der Waals surface area (Å²) in [6.07, 6.45) is 6.73. The lowest BCUT2D eigenvalue weighted by Gasteiger charge is -2.42. The van der Waals surface area contributed by atoms with Gasteiger partial charge in [-0.1, -0.05) is 42.5 Å². The molecule has 2 heterocycles. The van der Waals surface area contributed by atoms with Crippen LogP contribution in [0.3, 0.4) is 0 Å². The molecule has 1 aliphatic carbocycles. The van der Waals surface area contributed by atoms with Gasteiger partial charge in [0.15, 0.2) is 11.6 Å². The maximum Gasteiger partial charge on any atom is 0.272 e. The van der Waals surface area contributed by atoms with Gasteiger partial charge in [-0.05, 0) is 86.5 Å². The van der Waals surface area contributed by atoms with E-state index in [9.17, 15) is 9.18 Å². The Hall–Kier alpha value is -3.25. The largest absolute Gasteiger partial charge is 0.494 e. The minimum Gasteiger partial charge on any atom is -0.494 e. The molecule has 188 valence electrons. The molecule has 0 unspecified atom stereocenters. The molecule has 1 atom stereocenters. The smallest absolute Gasteiger partial charge is 0.272 e. The summed E-state index contributed by atoms with van der Waals surface area (Å²) in [4.78, 5) is 22.7. The van der Waals surface area contributed by atoms with E-state index >= 15 is 0 Å². The number of nitrogens with zero attached hydrogens (tertiary/aromatic N) is 3. The van der Waals surface area contributed by atoms with E-state index in [1.807, 2.05) is 30.3 Å². The number of rotatable bonds is 9. The van der Waals surface area contributed by atoms with Gasteiger partial charge in [-0.25, -0.2) is 4.39 Å². The zero-order chi connectivity index (χ0) is 24.9. The lowest BCUT2D eigenvalue weighted by molar-refractivity contribution is 0.0477. The van der Waals surface area contributed by atoms with E-state index in [1.54, 1.807) is 12.3 Å². The van der Waals surface area contributed by atoms with E-state index in [0.29, 0.717) is 23.4 Å². The van der Waals surface area contributed by atoms with Crippen LogP contribution >= 0.6 is 0 Å². The molecule has 2 aliphatic rings. The first kappa shape index (κ1) is 24.4. The summed E-state index contributed by atoms with van der Waals surface area (Å²) < 4.78 is 19.0. The van der Waals surface area contributed by atoms with Gasteiger partial charge < -0.3 is 9.64 Å². The van der Waals surface area contributed by atoms with Gasteiger partial charge in [0.25, 0.3) is 5.91 Å². The summed E-state index contributed by atoms with van der Waals surface area (Å²) in [6, 6.07) is 21.7. The highest BCUT2D eigenvalue weighted by Crippen LogP contribution is 2.36. The van der Waals surface area contributed by atoms with E-state index in [2.05, 4.69) is 39.0 Å². The van der Waals surface area contributed by atoms with Crippen molar-refractivity contribution in [3.8, 4) is 5.75 Å². The molecule has 0 N–H and O–H groups in total. The van der Waals surface area contributed by atoms with Gasteiger partial charge in [-0.15, -0.1) is 0 Å². The second-order valence-corrected chi connectivity index (χ2v) is 10.00. The van der Waals surface area contributed by atoms with Crippen molar-refractivity contribution in [3.63, 3.8) is 0 Å². The summed E-state index contributed by atoms with van der Waals surface area (Å²) in [6.45, 7) is 2.67. The van der Waals surface area contributed by atoms with Crippen molar-refractivity contribution in [2.24, 2.45) is 5.92 Å². The van der Waals surface area contributed by atoms with Crippen LogP contribution in [0, 0.1) is 11.7 Å². The molecule has 0 radical (unpaired) electrons. The number of hydrogen-bond donors (Lipinski definition) is 0. The maximum atomic E-state index is 13.8. The van der Waals surface area contributed by atoms with Crippen molar-refractivity contribution in [3.05, 3.63) is 95.6 Å².